The van der Waals surface area contributed by atoms with Gasteiger partial charge in [0.2, 0.25) is 0 Å². The number of amides is 1. The van der Waals surface area contributed by atoms with E-state index in [2.05, 4.69) is 15.7 Å². The largest absolute Gasteiger partial charge is 0.493 e. The van der Waals surface area contributed by atoms with Crippen molar-refractivity contribution in [1.29, 1.82) is 0 Å². The van der Waals surface area contributed by atoms with Gasteiger partial charge in [0, 0.05) is 18.2 Å². The fourth-order valence-electron chi connectivity index (χ4n) is 4.21. The SMILES string of the molecule is COc1ccc([C@@H]2C[C@@H](C(F)(F)F)n3nc(C(=O)Nc4cc(C)cc(C)c4)cc3N2)cc1OC. The molecule has 4 rings (SSSR count). The van der Waals surface area contributed by atoms with Crippen LogP contribution in [0.25, 0.3) is 0 Å². The molecule has 2 atom stereocenters. The van der Waals surface area contributed by atoms with Crippen LogP contribution in [0.4, 0.5) is 24.7 Å². The van der Waals surface area contributed by atoms with E-state index in [0.29, 0.717) is 22.7 Å². The summed E-state index contributed by atoms with van der Waals surface area (Å²) >= 11 is 0. The molecular weight excluding hydrogens is 449 g/mol. The zero-order chi connectivity index (χ0) is 24.6. The van der Waals surface area contributed by atoms with Crippen molar-refractivity contribution in [3.05, 3.63) is 64.8 Å². The maximum atomic E-state index is 14.0. The third-order valence-electron chi connectivity index (χ3n) is 5.71. The average Bonchev–Trinajstić information content (AvgIpc) is 3.20. The molecular formula is C24H25F3N4O3. The highest BCUT2D eigenvalue weighted by molar-refractivity contribution is 6.03. The number of aryl methyl sites for hydroxylation is 2. The van der Waals surface area contributed by atoms with Gasteiger partial charge in [-0.2, -0.15) is 18.3 Å². The summed E-state index contributed by atoms with van der Waals surface area (Å²) in [6.07, 6.45) is -4.86. The molecule has 34 heavy (non-hydrogen) atoms. The summed E-state index contributed by atoms with van der Waals surface area (Å²) in [5.41, 5.74) is 2.95. The summed E-state index contributed by atoms with van der Waals surface area (Å²) in [4.78, 5) is 12.8. The monoisotopic (exact) mass is 474 g/mol. The summed E-state index contributed by atoms with van der Waals surface area (Å²) < 4.78 is 53.3. The molecule has 0 radical (unpaired) electrons. The van der Waals surface area contributed by atoms with Gasteiger partial charge in [0.05, 0.1) is 20.3 Å². The first-order chi connectivity index (χ1) is 16.1. The Balaban J connectivity index is 1.65. The first-order valence-corrected chi connectivity index (χ1v) is 10.6. The number of nitrogens with one attached hydrogen (secondary N) is 2. The van der Waals surface area contributed by atoms with Gasteiger partial charge in [-0.25, -0.2) is 4.68 Å². The van der Waals surface area contributed by atoms with Crippen molar-refractivity contribution in [1.82, 2.24) is 9.78 Å². The fourth-order valence-corrected chi connectivity index (χ4v) is 4.21. The van der Waals surface area contributed by atoms with Crippen LogP contribution in [0.1, 0.15) is 45.7 Å². The van der Waals surface area contributed by atoms with Gasteiger partial charge in [-0.15, -0.1) is 0 Å². The van der Waals surface area contributed by atoms with Crippen molar-refractivity contribution in [2.75, 3.05) is 24.9 Å². The van der Waals surface area contributed by atoms with E-state index in [4.69, 9.17) is 9.47 Å². The standard InChI is InChI=1S/C24H25F3N4O3/c1-13-7-14(2)9-16(8-13)28-23(32)18-12-22-29-17(11-21(24(25,26)27)31(22)30-18)15-5-6-19(33-3)20(10-15)34-4/h5-10,12,17,21,29H,11H2,1-4H3,(H,28,32)/t17-,21-/m0/s1. The molecule has 3 aromatic rings. The molecule has 0 saturated carbocycles. The minimum Gasteiger partial charge on any atom is -0.493 e. The molecule has 1 aliphatic rings. The molecule has 0 bridgehead atoms. The van der Waals surface area contributed by atoms with Crippen LogP contribution >= 0.6 is 0 Å². The Kier molecular flexibility index (Phi) is 6.16. The number of carbonyl (C=O) groups is 1. The lowest BCUT2D eigenvalue weighted by atomic mass is 9.96. The number of alkyl halides is 3. The zero-order valence-electron chi connectivity index (χ0n) is 19.2. The number of rotatable bonds is 5. The number of methoxy groups -OCH3 is 2. The van der Waals surface area contributed by atoms with E-state index in [1.807, 2.05) is 19.9 Å². The molecule has 7 nitrogen and oxygen atoms in total. The van der Waals surface area contributed by atoms with Crippen molar-refractivity contribution >= 4 is 17.4 Å². The highest BCUT2D eigenvalue weighted by Gasteiger charge is 2.47. The van der Waals surface area contributed by atoms with Gasteiger partial charge in [0.25, 0.3) is 5.91 Å². The Hall–Kier alpha value is -3.69. The molecule has 1 aromatic heterocycles. The van der Waals surface area contributed by atoms with Crippen molar-refractivity contribution in [2.24, 2.45) is 0 Å². The number of hydrogen-bond donors (Lipinski definition) is 2. The Morgan fingerprint density at radius 3 is 2.35 bits per heavy atom. The molecule has 180 valence electrons. The summed E-state index contributed by atoms with van der Waals surface area (Å²) in [7, 11) is 2.95. The summed E-state index contributed by atoms with van der Waals surface area (Å²) in [5.74, 6) is 0.416. The maximum absolute atomic E-state index is 14.0. The molecule has 2 aromatic carbocycles. The van der Waals surface area contributed by atoms with Crippen LogP contribution in [0.3, 0.4) is 0 Å². The van der Waals surface area contributed by atoms with Crippen LogP contribution < -0.4 is 20.1 Å². The van der Waals surface area contributed by atoms with Crippen LogP contribution in [0.15, 0.2) is 42.5 Å². The van der Waals surface area contributed by atoms with Gasteiger partial charge >= 0.3 is 6.18 Å². The predicted molar refractivity (Wildman–Crippen MR) is 122 cm³/mol. The topological polar surface area (TPSA) is 77.4 Å². The molecule has 1 amide bonds. The molecule has 0 aliphatic carbocycles. The van der Waals surface area contributed by atoms with Crippen LogP contribution in [-0.2, 0) is 0 Å². The molecule has 10 heteroatoms. The van der Waals surface area contributed by atoms with Crippen LogP contribution in [0, 0.1) is 13.8 Å². The van der Waals surface area contributed by atoms with Gasteiger partial charge in [0.15, 0.2) is 23.2 Å². The molecule has 1 aliphatic heterocycles. The zero-order valence-corrected chi connectivity index (χ0v) is 19.2. The smallest absolute Gasteiger partial charge is 0.410 e. The molecule has 2 N–H and O–H groups in total. The lowest BCUT2D eigenvalue weighted by Crippen LogP contribution is -2.35. The number of hydrogen-bond acceptors (Lipinski definition) is 5. The Morgan fingerprint density at radius 1 is 1.06 bits per heavy atom. The number of nitrogens with zero attached hydrogens (tertiary/aromatic N) is 2. The second kappa shape index (κ2) is 8.92. The van der Waals surface area contributed by atoms with Gasteiger partial charge in [0.1, 0.15) is 5.82 Å². The Bertz CT molecular complexity index is 1200. The van der Waals surface area contributed by atoms with Gasteiger partial charge in [-0.1, -0.05) is 12.1 Å². The van der Waals surface area contributed by atoms with Crippen LogP contribution in [-0.4, -0.2) is 36.1 Å². The third kappa shape index (κ3) is 4.66. The highest BCUT2D eigenvalue weighted by Crippen LogP contribution is 2.44. The number of benzene rings is 2. The first-order valence-electron chi connectivity index (χ1n) is 10.6. The Labute approximate surface area is 194 Å². The third-order valence-corrected chi connectivity index (χ3v) is 5.71. The summed E-state index contributed by atoms with van der Waals surface area (Å²) in [5, 5.41) is 9.81. The Morgan fingerprint density at radius 2 is 1.74 bits per heavy atom. The van der Waals surface area contributed by atoms with Crippen molar-refractivity contribution in [2.45, 2.75) is 38.5 Å². The first kappa shape index (κ1) is 23.5. The summed E-state index contributed by atoms with van der Waals surface area (Å²) in [6, 6.07) is 9.26. The quantitative estimate of drug-likeness (QED) is 0.516. The predicted octanol–water partition coefficient (Wildman–Crippen LogP) is 5.43. The molecule has 0 spiro atoms. The average molecular weight is 474 g/mol. The summed E-state index contributed by atoms with van der Waals surface area (Å²) in [6.45, 7) is 3.79. The van der Waals surface area contributed by atoms with Gasteiger partial charge < -0.3 is 20.1 Å². The van der Waals surface area contributed by atoms with Gasteiger partial charge in [-0.05, 0) is 54.8 Å². The van der Waals surface area contributed by atoms with E-state index in [1.54, 1.807) is 30.3 Å². The number of anilines is 2. The van der Waals surface area contributed by atoms with E-state index in [1.165, 1.54) is 20.3 Å². The van der Waals surface area contributed by atoms with Gasteiger partial charge in [-0.3, -0.25) is 4.79 Å². The molecule has 0 unspecified atom stereocenters. The number of ether oxygens (including phenoxy) is 2. The maximum Gasteiger partial charge on any atom is 0.410 e. The minimum absolute atomic E-state index is 0.108. The number of aromatic nitrogens is 2. The molecule has 2 heterocycles. The van der Waals surface area contributed by atoms with Crippen molar-refractivity contribution < 1.29 is 27.4 Å². The van der Waals surface area contributed by atoms with E-state index < -0.39 is 24.2 Å². The number of carbonyl (C=O) groups excluding carboxylic acids is 1. The van der Waals surface area contributed by atoms with Crippen LogP contribution in [0.2, 0.25) is 0 Å². The van der Waals surface area contributed by atoms with E-state index in [9.17, 15) is 18.0 Å². The van der Waals surface area contributed by atoms with Crippen molar-refractivity contribution in [3.63, 3.8) is 0 Å². The second-order valence-electron chi connectivity index (χ2n) is 8.29. The van der Waals surface area contributed by atoms with E-state index >= 15 is 0 Å². The van der Waals surface area contributed by atoms with E-state index in [0.717, 1.165) is 15.8 Å². The highest BCUT2D eigenvalue weighted by atomic mass is 19.4. The lowest BCUT2D eigenvalue weighted by molar-refractivity contribution is -0.173. The number of halogens is 3. The van der Waals surface area contributed by atoms with E-state index in [-0.39, 0.29) is 17.9 Å². The normalized spacial score (nSPS) is 17.5. The lowest BCUT2D eigenvalue weighted by Gasteiger charge is -2.33. The number of fused-ring (bicyclic) bond motifs is 1. The van der Waals surface area contributed by atoms with Crippen molar-refractivity contribution in [3.8, 4) is 11.5 Å². The minimum atomic E-state index is -4.56. The molecule has 0 fully saturated rings. The molecule has 0 saturated heterocycles. The second-order valence-corrected chi connectivity index (χ2v) is 8.29. The van der Waals surface area contributed by atoms with Crippen LogP contribution in [0.5, 0.6) is 11.5 Å². The fraction of sp³-hybridized carbons (Fsp3) is 0.333.